The molecule has 0 bridgehead atoms. The summed E-state index contributed by atoms with van der Waals surface area (Å²) >= 11 is 0. The number of rotatable bonds is 3. The first kappa shape index (κ1) is 13.4. The molecule has 1 aromatic heterocycles. The quantitative estimate of drug-likeness (QED) is 0.897. The van der Waals surface area contributed by atoms with Crippen molar-refractivity contribution in [2.75, 3.05) is 6.54 Å². The van der Waals surface area contributed by atoms with Gasteiger partial charge in [-0.15, -0.1) is 0 Å². The van der Waals surface area contributed by atoms with Crippen LogP contribution in [0.25, 0.3) is 11.3 Å². The van der Waals surface area contributed by atoms with Crippen LogP contribution in [0.3, 0.4) is 0 Å². The topological polar surface area (TPSA) is 40.7 Å². The number of aryl methyl sites for hydroxylation is 1. The SMILES string of the molecule is Cc1ccc(-c2cnc(CC3CCCN3)[nH]2)c(C)c1C. The summed E-state index contributed by atoms with van der Waals surface area (Å²) in [4.78, 5) is 8.05. The van der Waals surface area contributed by atoms with Crippen molar-refractivity contribution in [2.24, 2.45) is 0 Å². The lowest BCUT2D eigenvalue weighted by Crippen LogP contribution is -2.24. The Hall–Kier alpha value is -1.61. The lowest BCUT2D eigenvalue weighted by molar-refractivity contribution is 0.589. The van der Waals surface area contributed by atoms with Gasteiger partial charge in [-0.05, 0) is 56.8 Å². The van der Waals surface area contributed by atoms with Gasteiger partial charge in [-0.25, -0.2) is 4.98 Å². The van der Waals surface area contributed by atoms with Crippen LogP contribution < -0.4 is 5.32 Å². The Morgan fingerprint density at radius 2 is 2.05 bits per heavy atom. The van der Waals surface area contributed by atoms with Gasteiger partial charge in [0.1, 0.15) is 5.82 Å². The highest BCUT2D eigenvalue weighted by Crippen LogP contribution is 2.26. The van der Waals surface area contributed by atoms with Gasteiger partial charge in [0, 0.05) is 18.0 Å². The Morgan fingerprint density at radius 1 is 1.20 bits per heavy atom. The van der Waals surface area contributed by atoms with E-state index in [0.717, 1.165) is 24.5 Å². The molecule has 1 atom stereocenters. The molecular weight excluding hydrogens is 246 g/mol. The normalized spacial score (nSPS) is 18.6. The van der Waals surface area contributed by atoms with E-state index >= 15 is 0 Å². The molecule has 1 aliphatic rings. The van der Waals surface area contributed by atoms with Gasteiger partial charge < -0.3 is 10.3 Å². The van der Waals surface area contributed by atoms with E-state index in [1.54, 1.807) is 0 Å². The highest BCUT2D eigenvalue weighted by atomic mass is 15.0. The van der Waals surface area contributed by atoms with E-state index in [0.29, 0.717) is 6.04 Å². The van der Waals surface area contributed by atoms with E-state index in [1.807, 2.05) is 6.20 Å². The first-order valence-electron chi connectivity index (χ1n) is 7.49. The standard InChI is InChI=1S/C17H23N3/c1-11-6-7-15(13(3)12(11)2)16-10-19-17(20-16)9-14-5-4-8-18-14/h6-7,10,14,18H,4-5,8-9H2,1-3H3,(H,19,20). The first-order chi connectivity index (χ1) is 9.65. The van der Waals surface area contributed by atoms with E-state index in [1.165, 1.54) is 35.1 Å². The van der Waals surface area contributed by atoms with Crippen LogP contribution >= 0.6 is 0 Å². The molecule has 20 heavy (non-hydrogen) atoms. The number of aromatic nitrogens is 2. The van der Waals surface area contributed by atoms with Crippen molar-refractivity contribution in [3.63, 3.8) is 0 Å². The van der Waals surface area contributed by atoms with Crippen molar-refractivity contribution < 1.29 is 0 Å². The maximum atomic E-state index is 4.55. The molecule has 106 valence electrons. The van der Waals surface area contributed by atoms with Crippen molar-refractivity contribution in [3.05, 3.63) is 40.8 Å². The molecule has 3 heteroatoms. The molecule has 2 N–H and O–H groups in total. The number of benzene rings is 1. The highest BCUT2D eigenvalue weighted by molar-refractivity contribution is 5.65. The summed E-state index contributed by atoms with van der Waals surface area (Å²) in [5, 5.41) is 3.52. The number of nitrogens with zero attached hydrogens (tertiary/aromatic N) is 1. The largest absolute Gasteiger partial charge is 0.342 e. The van der Waals surface area contributed by atoms with Crippen LogP contribution in [-0.2, 0) is 6.42 Å². The maximum absolute atomic E-state index is 4.55. The number of nitrogens with one attached hydrogen (secondary N) is 2. The number of aromatic amines is 1. The summed E-state index contributed by atoms with van der Waals surface area (Å²) in [6.07, 6.45) is 5.53. The van der Waals surface area contributed by atoms with Gasteiger partial charge >= 0.3 is 0 Å². The predicted octanol–water partition coefficient (Wildman–Crippen LogP) is 3.30. The van der Waals surface area contributed by atoms with E-state index in [4.69, 9.17) is 0 Å². The summed E-state index contributed by atoms with van der Waals surface area (Å²) in [5.41, 5.74) is 6.47. The zero-order valence-corrected chi connectivity index (χ0v) is 12.6. The van der Waals surface area contributed by atoms with Crippen molar-refractivity contribution in [1.82, 2.24) is 15.3 Å². The van der Waals surface area contributed by atoms with Crippen LogP contribution in [0.2, 0.25) is 0 Å². The molecule has 2 heterocycles. The zero-order valence-electron chi connectivity index (χ0n) is 12.6. The first-order valence-corrected chi connectivity index (χ1v) is 7.49. The minimum Gasteiger partial charge on any atom is -0.342 e. The van der Waals surface area contributed by atoms with Crippen LogP contribution in [0, 0.1) is 20.8 Å². The summed E-state index contributed by atoms with van der Waals surface area (Å²) < 4.78 is 0. The van der Waals surface area contributed by atoms with Gasteiger partial charge in [0.05, 0.1) is 11.9 Å². The van der Waals surface area contributed by atoms with Crippen LogP contribution in [0.4, 0.5) is 0 Å². The molecule has 1 aliphatic heterocycles. The average Bonchev–Trinajstić information content (AvgIpc) is 3.09. The summed E-state index contributed by atoms with van der Waals surface area (Å²) in [7, 11) is 0. The molecule has 1 saturated heterocycles. The number of hydrogen-bond acceptors (Lipinski definition) is 2. The molecule has 1 fully saturated rings. The van der Waals surface area contributed by atoms with E-state index in [-0.39, 0.29) is 0 Å². The Labute approximate surface area is 120 Å². The highest BCUT2D eigenvalue weighted by Gasteiger charge is 2.16. The number of hydrogen-bond donors (Lipinski definition) is 2. The van der Waals surface area contributed by atoms with Crippen molar-refractivity contribution in [3.8, 4) is 11.3 Å². The van der Waals surface area contributed by atoms with Gasteiger partial charge in [-0.2, -0.15) is 0 Å². The fraction of sp³-hybridized carbons (Fsp3) is 0.471. The third-order valence-corrected chi connectivity index (χ3v) is 4.58. The van der Waals surface area contributed by atoms with Crippen LogP contribution in [0.1, 0.15) is 35.4 Å². The molecule has 1 aromatic carbocycles. The molecular formula is C17H23N3. The fourth-order valence-corrected chi connectivity index (χ4v) is 3.02. The fourth-order valence-electron chi connectivity index (χ4n) is 3.02. The van der Waals surface area contributed by atoms with Crippen LogP contribution in [-0.4, -0.2) is 22.6 Å². The smallest absolute Gasteiger partial charge is 0.108 e. The summed E-state index contributed by atoms with van der Waals surface area (Å²) in [5.74, 6) is 1.09. The molecule has 0 saturated carbocycles. The van der Waals surface area contributed by atoms with E-state index in [9.17, 15) is 0 Å². The van der Waals surface area contributed by atoms with Gasteiger partial charge in [0.25, 0.3) is 0 Å². The molecule has 0 spiro atoms. The summed E-state index contributed by atoms with van der Waals surface area (Å²) in [6.45, 7) is 7.69. The lowest BCUT2D eigenvalue weighted by Gasteiger charge is -2.10. The lowest BCUT2D eigenvalue weighted by atomic mass is 9.97. The molecule has 3 rings (SSSR count). The second kappa shape index (κ2) is 5.41. The molecule has 2 aromatic rings. The Bertz CT molecular complexity index is 607. The van der Waals surface area contributed by atoms with E-state index in [2.05, 4.69) is 48.2 Å². The van der Waals surface area contributed by atoms with Crippen LogP contribution in [0.15, 0.2) is 18.3 Å². The van der Waals surface area contributed by atoms with Gasteiger partial charge in [-0.3, -0.25) is 0 Å². The van der Waals surface area contributed by atoms with Gasteiger partial charge in [0.15, 0.2) is 0 Å². The molecule has 3 nitrogen and oxygen atoms in total. The minimum absolute atomic E-state index is 0.592. The molecule has 0 radical (unpaired) electrons. The molecule has 0 aliphatic carbocycles. The van der Waals surface area contributed by atoms with Crippen LogP contribution in [0.5, 0.6) is 0 Å². The molecule has 0 amide bonds. The average molecular weight is 269 g/mol. The maximum Gasteiger partial charge on any atom is 0.108 e. The summed E-state index contributed by atoms with van der Waals surface area (Å²) in [6, 6.07) is 4.98. The predicted molar refractivity (Wildman–Crippen MR) is 83.0 cm³/mol. The number of imidazole rings is 1. The monoisotopic (exact) mass is 269 g/mol. The minimum atomic E-state index is 0.592. The second-order valence-electron chi connectivity index (χ2n) is 5.92. The van der Waals surface area contributed by atoms with Gasteiger partial charge in [-0.1, -0.05) is 12.1 Å². The third-order valence-electron chi connectivity index (χ3n) is 4.58. The Morgan fingerprint density at radius 3 is 2.80 bits per heavy atom. The Balaban J connectivity index is 1.84. The third kappa shape index (κ3) is 2.50. The van der Waals surface area contributed by atoms with Crippen molar-refractivity contribution >= 4 is 0 Å². The van der Waals surface area contributed by atoms with Crippen molar-refractivity contribution in [2.45, 2.75) is 46.1 Å². The zero-order chi connectivity index (χ0) is 14.1. The number of H-pyrrole nitrogens is 1. The van der Waals surface area contributed by atoms with Gasteiger partial charge in [0.2, 0.25) is 0 Å². The molecule has 1 unspecified atom stereocenters. The Kier molecular flexibility index (Phi) is 3.62. The second-order valence-corrected chi connectivity index (χ2v) is 5.92. The van der Waals surface area contributed by atoms with Crippen molar-refractivity contribution in [1.29, 1.82) is 0 Å². The van der Waals surface area contributed by atoms with E-state index < -0.39 is 0 Å².